The summed E-state index contributed by atoms with van der Waals surface area (Å²) in [5, 5.41) is 18.6. The minimum Gasteiger partial charge on any atom is -0.507 e. The van der Waals surface area contributed by atoms with Gasteiger partial charge in [0.15, 0.2) is 0 Å². The molecule has 2 N–H and O–H groups in total. The third-order valence-electron chi connectivity index (χ3n) is 2.21. The van der Waals surface area contributed by atoms with Gasteiger partial charge in [0, 0.05) is 11.1 Å². The molecule has 1 aromatic carbocycles. The van der Waals surface area contributed by atoms with Crippen LogP contribution in [0.15, 0.2) is 6.07 Å². The van der Waals surface area contributed by atoms with E-state index in [1.807, 2.05) is 6.92 Å². The number of aliphatic hydroxyl groups excluding tert-OH is 1. The van der Waals surface area contributed by atoms with Crippen LogP contribution in [0.4, 0.5) is 0 Å². The second kappa shape index (κ2) is 3.66. The standard InChI is InChI=1S/C10H14O3/c1-6-4-9(13-3)7(2)8(5-11)10(6)12/h4,11-12H,5H2,1-3H3. The highest BCUT2D eigenvalue weighted by atomic mass is 16.5. The zero-order valence-corrected chi connectivity index (χ0v) is 8.09. The molecule has 0 heterocycles. The molecule has 72 valence electrons. The molecule has 0 unspecified atom stereocenters. The molecule has 0 aliphatic heterocycles. The Kier molecular flexibility index (Phi) is 2.78. The largest absolute Gasteiger partial charge is 0.507 e. The first kappa shape index (κ1) is 9.86. The summed E-state index contributed by atoms with van der Waals surface area (Å²) >= 11 is 0. The van der Waals surface area contributed by atoms with E-state index in [0.717, 1.165) is 5.56 Å². The van der Waals surface area contributed by atoms with Gasteiger partial charge in [-0.25, -0.2) is 0 Å². The lowest BCUT2D eigenvalue weighted by atomic mass is 10.0. The number of aliphatic hydroxyl groups is 1. The van der Waals surface area contributed by atoms with Gasteiger partial charge in [-0.3, -0.25) is 0 Å². The number of rotatable bonds is 2. The van der Waals surface area contributed by atoms with Gasteiger partial charge < -0.3 is 14.9 Å². The summed E-state index contributed by atoms with van der Waals surface area (Å²) in [5.41, 5.74) is 2.04. The summed E-state index contributed by atoms with van der Waals surface area (Å²) in [4.78, 5) is 0. The van der Waals surface area contributed by atoms with Gasteiger partial charge in [0.25, 0.3) is 0 Å². The summed E-state index contributed by atoms with van der Waals surface area (Å²) < 4.78 is 5.10. The average molecular weight is 182 g/mol. The Morgan fingerprint density at radius 1 is 1.38 bits per heavy atom. The van der Waals surface area contributed by atoms with Gasteiger partial charge in [-0.05, 0) is 25.5 Å². The van der Waals surface area contributed by atoms with Gasteiger partial charge in [-0.1, -0.05) is 0 Å². The Morgan fingerprint density at radius 3 is 2.46 bits per heavy atom. The molecule has 0 aliphatic carbocycles. The first-order valence-electron chi connectivity index (χ1n) is 4.08. The number of ether oxygens (including phenoxy) is 1. The van der Waals surface area contributed by atoms with Crippen molar-refractivity contribution in [3.63, 3.8) is 0 Å². The number of phenols is 1. The minimum absolute atomic E-state index is 0.154. The van der Waals surface area contributed by atoms with E-state index in [1.165, 1.54) is 0 Å². The van der Waals surface area contributed by atoms with Crippen LogP contribution in [0.2, 0.25) is 0 Å². The van der Waals surface area contributed by atoms with Crippen LogP contribution in [-0.4, -0.2) is 17.3 Å². The van der Waals surface area contributed by atoms with Crippen molar-refractivity contribution >= 4 is 0 Å². The highest BCUT2D eigenvalue weighted by molar-refractivity contribution is 5.51. The molecule has 0 saturated heterocycles. The van der Waals surface area contributed by atoms with E-state index in [9.17, 15) is 5.11 Å². The summed E-state index contributed by atoms with van der Waals surface area (Å²) in [7, 11) is 1.57. The molecule has 0 radical (unpaired) electrons. The van der Waals surface area contributed by atoms with Gasteiger partial charge in [0.2, 0.25) is 0 Å². The number of aryl methyl sites for hydroxylation is 1. The summed E-state index contributed by atoms with van der Waals surface area (Å²) in [5.74, 6) is 0.847. The van der Waals surface area contributed by atoms with E-state index >= 15 is 0 Å². The Labute approximate surface area is 77.6 Å². The van der Waals surface area contributed by atoms with Crippen LogP contribution in [0.1, 0.15) is 16.7 Å². The molecule has 0 amide bonds. The topological polar surface area (TPSA) is 49.7 Å². The van der Waals surface area contributed by atoms with Crippen molar-refractivity contribution in [2.45, 2.75) is 20.5 Å². The summed E-state index contributed by atoms with van der Waals surface area (Å²) in [6, 6.07) is 1.75. The van der Waals surface area contributed by atoms with E-state index in [-0.39, 0.29) is 12.4 Å². The summed E-state index contributed by atoms with van der Waals surface area (Å²) in [6.45, 7) is 3.41. The first-order valence-corrected chi connectivity index (χ1v) is 4.08. The normalized spacial score (nSPS) is 10.2. The number of hydrogen-bond acceptors (Lipinski definition) is 3. The molecule has 0 fully saturated rings. The van der Waals surface area contributed by atoms with Crippen LogP contribution in [0.5, 0.6) is 11.5 Å². The summed E-state index contributed by atoms with van der Waals surface area (Å²) in [6.07, 6.45) is 0. The predicted octanol–water partition coefficient (Wildman–Crippen LogP) is 1.51. The van der Waals surface area contributed by atoms with Crippen molar-refractivity contribution in [3.05, 3.63) is 22.8 Å². The quantitative estimate of drug-likeness (QED) is 0.728. The maximum absolute atomic E-state index is 9.58. The Bertz CT molecular complexity index is 318. The second-order valence-corrected chi connectivity index (χ2v) is 3.01. The fourth-order valence-corrected chi connectivity index (χ4v) is 1.34. The molecule has 0 spiro atoms. The molecular weight excluding hydrogens is 168 g/mol. The number of hydrogen-bond donors (Lipinski definition) is 2. The fourth-order valence-electron chi connectivity index (χ4n) is 1.34. The Hall–Kier alpha value is -1.22. The lowest BCUT2D eigenvalue weighted by Crippen LogP contribution is -1.96. The van der Waals surface area contributed by atoms with Gasteiger partial charge in [0.05, 0.1) is 13.7 Å². The molecule has 0 atom stereocenters. The molecule has 3 heteroatoms. The average Bonchev–Trinajstić information content (AvgIpc) is 2.12. The maximum Gasteiger partial charge on any atom is 0.124 e. The zero-order chi connectivity index (χ0) is 10.0. The van der Waals surface area contributed by atoms with Gasteiger partial charge in [-0.15, -0.1) is 0 Å². The lowest BCUT2D eigenvalue weighted by molar-refractivity contribution is 0.273. The van der Waals surface area contributed by atoms with E-state index in [0.29, 0.717) is 16.9 Å². The highest BCUT2D eigenvalue weighted by Crippen LogP contribution is 2.32. The van der Waals surface area contributed by atoms with Crippen LogP contribution in [-0.2, 0) is 6.61 Å². The van der Waals surface area contributed by atoms with Crippen LogP contribution >= 0.6 is 0 Å². The third-order valence-corrected chi connectivity index (χ3v) is 2.21. The van der Waals surface area contributed by atoms with Crippen molar-refractivity contribution in [3.8, 4) is 11.5 Å². The number of methoxy groups -OCH3 is 1. The van der Waals surface area contributed by atoms with Gasteiger partial charge in [0.1, 0.15) is 11.5 Å². The zero-order valence-electron chi connectivity index (χ0n) is 8.09. The maximum atomic E-state index is 9.58. The Morgan fingerprint density at radius 2 is 2.00 bits per heavy atom. The molecule has 1 aromatic rings. The highest BCUT2D eigenvalue weighted by Gasteiger charge is 2.11. The van der Waals surface area contributed by atoms with E-state index < -0.39 is 0 Å². The van der Waals surface area contributed by atoms with Crippen LogP contribution in [0.3, 0.4) is 0 Å². The molecule has 1 rings (SSSR count). The van der Waals surface area contributed by atoms with Crippen LogP contribution < -0.4 is 4.74 Å². The number of aromatic hydroxyl groups is 1. The van der Waals surface area contributed by atoms with E-state index in [4.69, 9.17) is 9.84 Å². The molecule has 13 heavy (non-hydrogen) atoms. The van der Waals surface area contributed by atoms with Crippen molar-refractivity contribution in [1.82, 2.24) is 0 Å². The molecule has 0 saturated carbocycles. The molecular formula is C10H14O3. The molecule has 0 aliphatic rings. The SMILES string of the molecule is COc1cc(C)c(O)c(CO)c1C. The first-order chi connectivity index (χ1) is 6.11. The smallest absolute Gasteiger partial charge is 0.124 e. The predicted molar refractivity (Wildman–Crippen MR) is 50.1 cm³/mol. The van der Waals surface area contributed by atoms with E-state index in [2.05, 4.69) is 0 Å². The van der Waals surface area contributed by atoms with Crippen molar-refractivity contribution < 1.29 is 14.9 Å². The molecule has 0 aromatic heterocycles. The molecule has 3 nitrogen and oxygen atoms in total. The fraction of sp³-hybridized carbons (Fsp3) is 0.400. The molecule has 0 bridgehead atoms. The monoisotopic (exact) mass is 182 g/mol. The van der Waals surface area contributed by atoms with E-state index in [1.54, 1.807) is 20.1 Å². The van der Waals surface area contributed by atoms with Crippen molar-refractivity contribution in [2.24, 2.45) is 0 Å². The second-order valence-electron chi connectivity index (χ2n) is 3.01. The minimum atomic E-state index is -0.171. The van der Waals surface area contributed by atoms with Crippen LogP contribution in [0.25, 0.3) is 0 Å². The van der Waals surface area contributed by atoms with Crippen LogP contribution in [0, 0.1) is 13.8 Å². The van der Waals surface area contributed by atoms with Crippen molar-refractivity contribution in [1.29, 1.82) is 0 Å². The van der Waals surface area contributed by atoms with Gasteiger partial charge in [-0.2, -0.15) is 0 Å². The van der Waals surface area contributed by atoms with Crippen molar-refractivity contribution in [2.75, 3.05) is 7.11 Å². The Balaban J connectivity index is 3.39. The third kappa shape index (κ3) is 1.60. The van der Waals surface area contributed by atoms with Gasteiger partial charge >= 0.3 is 0 Å². The lowest BCUT2D eigenvalue weighted by Gasteiger charge is -2.12. The number of benzene rings is 1.